The van der Waals surface area contributed by atoms with Crippen LogP contribution in [0.1, 0.15) is 35.2 Å². The molecule has 1 fully saturated rings. The quantitative estimate of drug-likeness (QED) is 0.780. The lowest BCUT2D eigenvalue weighted by Gasteiger charge is -2.49. The number of carbonyl (C=O) groups is 1. The summed E-state index contributed by atoms with van der Waals surface area (Å²) in [5.74, 6) is 0.511. The van der Waals surface area contributed by atoms with E-state index in [9.17, 15) is 4.79 Å². The predicted molar refractivity (Wildman–Crippen MR) is 83.2 cm³/mol. The van der Waals surface area contributed by atoms with Crippen molar-refractivity contribution in [3.05, 3.63) is 35.4 Å². The molecule has 20 heavy (non-hydrogen) atoms. The van der Waals surface area contributed by atoms with Crippen molar-refractivity contribution in [3.8, 4) is 0 Å². The third-order valence-corrected chi connectivity index (χ3v) is 4.75. The van der Waals surface area contributed by atoms with Crippen molar-refractivity contribution in [1.29, 1.82) is 0 Å². The molecular formula is C16H23ClN2O. The molecular weight excluding hydrogens is 272 g/mol. The van der Waals surface area contributed by atoms with E-state index in [4.69, 9.17) is 11.6 Å². The Morgan fingerprint density at radius 1 is 1.30 bits per heavy atom. The Labute approximate surface area is 126 Å². The van der Waals surface area contributed by atoms with Gasteiger partial charge in [-0.1, -0.05) is 12.1 Å². The maximum absolute atomic E-state index is 12.5. The molecule has 2 rings (SSSR count). The highest BCUT2D eigenvalue weighted by molar-refractivity contribution is 6.17. The zero-order valence-electron chi connectivity index (χ0n) is 12.5. The van der Waals surface area contributed by atoms with Crippen LogP contribution in [0.15, 0.2) is 24.3 Å². The first kappa shape index (κ1) is 15.3. The average Bonchev–Trinajstić information content (AvgIpc) is 2.41. The largest absolute Gasteiger partial charge is 0.340 e. The van der Waals surface area contributed by atoms with Gasteiger partial charge in [-0.2, -0.15) is 0 Å². The second kappa shape index (κ2) is 6.15. The molecule has 1 aliphatic rings. The van der Waals surface area contributed by atoms with Crippen LogP contribution in [0, 0.1) is 0 Å². The Morgan fingerprint density at radius 2 is 2.00 bits per heavy atom. The summed E-state index contributed by atoms with van der Waals surface area (Å²) in [5.41, 5.74) is 1.87. The summed E-state index contributed by atoms with van der Waals surface area (Å²) in [5, 5.41) is 0. The lowest BCUT2D eigenvalue weighted by atomic mass is 9.75. The van der Waals surface area contributed by atoms with Crippen molar-refractivity contribution >= 4 is 17.5 Å². The minimum Gasteiger partial charge on any atom is -0.340 e. The van der Waals surface area contributed by atoms with Crippen molar-refractivity contribution in [1.82, 2.24) is 9.80 Å². The molecule has 0 aliphatic heterocycles. The molecule has 0 spiro atoms. The molecule has 0 unspecified atom stereocenters. The third kappa shape index (κ3) is 2.99. The number of alkyl halides is 1. The Morgan fingerprint density at radius 3 is 2.50 bits per heavy atom. The first-order valence-electron chi connectivity index (χ1n) is 7.06. The number of halogens is 1. The van der Waals surface area contributed by atoms with Gasteiger partial charge in [0.15, 0.2) is 0 Å². The van der Waals surface area contributed by atoms with E-state index in [1.54, 1.807) is 0 Å². The molecule has 0 saturated heterocycles. The van der Waals surface area contributed by atoms with Gasteiger partial charge in [0.2, 0.25) is 0 Å². The van der Waals surface area contributed by atoms with E-state index in [0.717, 1.165) is 17.7 Å². The van der Waals surface area contributed by atoms with Crippen LogP contribution in [0.2, 0.25) is 0 Å². The number of nitrogens with zero attached hydrogens (tertiary/aromatic N) is 2. The Hall–Kier alpha value is -1.06. The van der Waals surface area contributed by atoms with Crippen LogP contribution in [0.5, 0.6) is 0 Å². The van der Waals surface area contributed by atoms with Gasteiger partial charge in [-0.25, -0.2) is 0 Å². The molecule has 0 aromatic heterocycles. The van der Waals surface area contributed by atoms with Gasteiger partial charge >= 0.3 is 0 Å². The van der Waals surface area contributed by atoms with Gasteiger partial charge in [-0.05, 0) is 51.1 Å². The highest BCUT2D eigenvalue weighted by atomic mass is 35.5. The van der Waals surface area contributed by atoms with E-state index >= 15 is 0 Å². The van der Waals surface area contributed by atoms with Gasteiger partial charge in [0.05, 0.1) is 0 Å². The Kier molecular flexibility index (Phi) is 4.71. The van der Waals surface area contributed by atoms with Crippen LogP contribution in [-0.2, 0) is 5.88 Å². The highest BCUT2D eigenvalue weighted by Gasteiger charge is 2.40. The lowest BCUT2D eigenvalue weighted by molar-refractivity contribution is 0.0252. The zero-order chi connectivity index (χ0) is 14.8. The molecule has 0 radical (unpaired) electrons. The van der Waals surface area contributed by atoms with Crippen LogP contribution in [-0.4, -0.2) is 48.9 Å². The fourth-order valence-corrected chi connectivity index (χ4v) is 3.02. The smallest absolute Gasteiger partial charge is 0.253 e. The van der Waals surface area contributed by atoms with Crippen molar-refractivity contribution < 1.29 is 4.79 Å². The fourth-order valence-electron chi connectivity index (χ4n) is 2.85. The summed E-state index contributed by atoms with van der Waals surface area (Å²) < 4.78 is 0. The maximum atomic E-state index is 12.5. The molecule has 1 aromatic rings. The van der Waals surface area contributed by atoms with Crippen LogP contribution in [0.4, 0.5) is 0 Å². The minimum absolute atomic E-state index is 0.0742. The highest BCUT2D eigenvalue weighted by Crippen LogP contribution is 2.36. The number of hydrogen-bond acceptors (Lipinski definition) is 2. The van der Waals surface area contributed by atoms with E-state index in [-0.39, 0.29) is 11.4 Å². The minimum atomic E-state index is 0.0742. The normalized spacial score (nSPS) is 16.9. The molecule has 0 N–H and O–H groups in total. The van der Waals surface area contributed by atoms with Crippen LogP contribution >= 0.6 is 11.6 Å². The third-order valence-electron chi connectivity index (χ3n) is 4.44. The van der Waals surface area contributed by atoms with Gasteiger partial charge < -0.3 is 9.80 Å². The SMILES string of the molecule is CN(CC1(N(C)C)CCC1)C(=O)c1cccc(CCl)c1. The molecule has 1 saturated carbocycles. The van der Waals surface area contributed by atoms with E-state index in [1.165, 1.54) is 19.3 Å². The molecule has 1 aliphatic carbocycles. The summed E-state index contributed by atoms with van der Waals surface area (Å²) in [7, 11) is 6.09. The number of hydrogen-bond donors (Lipinski definition) is 0. The molecule has 110 valence electrons. The molecule has 3 nitrogen and oxygen atoms in total. The number of amides is 1. The number of carbonyl (C=O) groups excluding carboxylic acids is 1. The van der Waals surface area contributed by atoms with Gasteiger partial charge in [0, 0.05) is 30.6 Å². The number of rotatable bonds is 5. The van der Waals surface area contributed by atoms with Crippen molar-refractivity contribution in [2.75, 3.05) is 27.7 Å². The molecule has 1 amide bonds. The van der Waals surface area contributed by atoms with Crippen molar-refractivity contribution in [3.63, 3.8) is 0 Å². The Balaban J connectivity index is 2.08. The maximum Gasteiger partial charge on any atom is 0.253 e. The summed E-state index contributed by atoms with van der Waals surface area (Å²) in [6.45, 7) is 0.782. The standard InChI is InChI=1S/C16H23ClN2O/c1-18(2)16(8-5-9-16)12-19(3)15(20)14-7-4-6-13(10-14)11-17/h4,6-7,10H,5,8-9,11-12H2,1-3H3. The van der Waals surface area contributed by atoms with Crippen molar-refractivity contribution in [2.24, 2.45) is 0 Å². The van der Waals surface area contributed by atoms with Gasteiger partial charge in [-0.3, -0.25) is 4.79 Å². The second-order valence-corrected chi connectivity index (χ2v) is 6.23. The topological polar surface area (TPSA) is 23.6 Å². The van der Waals surface area contributed by atoms with Gasteiger partial charge in [-0.15, -0.1) is 11.6 Å². The summed E-state index contributed by atoms with van der Waals surface area (Å²) >= 11 is 5.83. The summed E-state index contributed by atoms with van der Waals surface area (Å²) in [4.78, 5) is 16.6. The van der Waals surface area contributed by atoms with E-state index in [2.05, 4.69) is 19.0 Å². The van der Waals surface area contributed by atoms with E-state index in [1.807, 2.05) is 36.2 Å². The molecule has 0 atom stereocenters. The van der Waals surface area contributed by atoms with E-state index in [0.29, 0.717) is 5.88 Å². The fraction of sp³-hybridized carbons (Fsp3) is 0.562. The second-order valence-electron chi connectivity index (χ2n) is 5.97. The zero-order valence-corrected chi connectivity index (χ0v) is 13.3. The van der Waals surface area contributed by atoms with Crippen molar-refractivity contribution in [2.45, 2.75) is 30.7 Å². The molecule has 0 bridgehead atoms. The first-order chi connectivity index (χ1) is 9.48. The van der Waals surface area contributed by atoms with Gasteiger partial charge in [0.1, 0.15) is 0 Å². The van der Waals surface area contributed by atoms with Crippen LogP contribution in [0.3, 0.4) is 0 Å². The summed E-state index contributed by atoms with van der Waals surface area (Å²) in [6.07, 6.45) is 3.58. The molecule has 4 heteroatoms. The average molecular weight is 295 g/mol. The molecule has 1 aromatic carbocycles. The Bertz CT molecular complexity index is 483. The van der Waals surface area contributed by atoms with Crippen LogP contribution in [0.25, 0.3) is 0 Å². The lowest BCUT2D eigenvalue weighted by Crippen LogP contribution is -2.57. The monoisotopic (exact) mass is 294 g/mol. The molecule has 0 heterocycles. The number of likely N-dealkylation sites (N-methyl/N-ethyl adjacent to an activating group) is 2. The predicted octanol–water partition coefficient (Wildman–Crippen LogP) is 2.98. The first-order valence-corrected chi connectivity index (χ1v) is 7.60. The number of benzene rings is 1. The van der Waals surface area contributed by atoms with Crippen LogP contribution < -0.4 is 0 Å². The summed E-state index contributed by atoms with van der Waals surface area (Å²) in [6, 6.07) is 7.58. The van der Waals surface area contributed by atoms with E-state index < -0.39 is 0 Å². The van der Waals surface area contributed by atoms with Gasteiger partial charge in [0.25, 0.3) is 5.91 Å².